The summed E-state index contributed by atoms with van der Waals surface area (Å²) < 4.78 is 5.30. The topological polar surface area (TPSA) is 70.1 Å². The minimum absolute atomic E-state index is 0.0805. The van der Waals surface area contributed by atoms with Crippen molar-refractivity contribution >= 4 is 29.1 Å². The summed E-state index contributed by atoms with van der Waals surface area (Å²) in [5.41, 5.74) is 0.763. The van der Waals surface area contributed by atoms with Crippen molar-refractivity contribution in [3.8, 4) is 11.5 Å². The zero-order valence-corrected chi connectivity index (χ0v) is 14.4. The van der Waals surface area contributed by atoms with Crippen molar-refractivity contribution in [3.05, 3.63) is 53.1 Å². The maximum absolute atomic E-state index is 12.6. The quantitative estimate of drug-likeness (QED) is 0.913. The first kappa shape index (κ1) is 17.1. The normalized spacial score (nSPS) is 14.6. The Morgan fingerprint density at radius 2 is 1.96 bits per heavy atom. The average Bonchev–Trinajstić information content (AvgIpc) is 2.63. The smallest absolute Gasteiger partial charge is 0.258 e. The Bertz CT molecular complexity index is 824. The predicted molar refractivity (Wildman–Crippen MR) is 94.4 cm³/mol. The number of phenolic OH excluding ortho intramolecular Hbond substituents is 1. The molecular formula is C18H17ClN2O4. The van der Waals surface area contributed by atoms with Gasteiger partial charge in [0.05, 0.1) is 18.4 Å². The number of methoxy groups -OCH3 is 1. The molecule has 25 heavy (non-hydrogen) atoms. The molecule has 0 radical (unpaired) electrons. The molecule has 7 heteroatoms. The molecule has 2 aromatic carbocycles. The fraction of sp³-hybridized carbons (Fsp3) is 0.222. The number of aromatic hydroxyl groups is 1. The van der Waals surface area contributed by atoms with Crippen LogP contribution < -0.4 is 9.64 Å². The van der Waals surface area contributed by atoms with Gasteiger partial charge in [0.1, 0.15) is 18.0 Å². The average molecular weight is 361 g/mol. The molecule has 130 valence electrons. The summed E-state index contributed by atoms with van der Waals surface area (Å²) in [4.78, 5) is 28.1. The predicted octanol–water partition coefficient (Wildman–Crippen LogP) is 2.54. The summed E-state index contributed by atoms with van der Waals surface area (Å²) in [5, 5.41) is 10.2. The first-order valence-corrected chi connectivity index (χ1v) is 8.10. The second-order valence-corrected chi connectivity index (χ2v) is 6.04. The number of hydrogen-bond donors (Lipinski definition) is 1. The number of hydrogen-bond acceptors (Lipinski definition) is 4. The minimum Gasteiger partial charge on any atom is -0.507 e. The van der Waals surface area contributed by atoms with E-state index in [0.717, 1.165) is 0 Å². The molecule has 0 unspecified atom stereocenters. The van der Waals surface area contributed by atoms with Crippen molar-refractivity contribution in [2.45, 2.75) is 0 Å². The molecule has 1 saturated heterocycles. The van der Waals surface area contributed by atoms with Crippen LogP contribution in [0, 0.1) is 0 Å². The zero-order chi connectivity index (χ0) is 18.0. The molecule has 2 amide bonds. The highest BCUT2D eigenvalue weighted by molar-refractivity contribution is 6.31. The molecule has 6 nitrogen and oxygen atoms in total. The number of carbonyl (C=O) groups is 2. The van der Waals surface area contributed by atoms with Crippen molar-refractivity contribution in [2.24, 2.45) is 0 Å². The Labute approximate surface area is 150 Å². The summed E-state index contributed by atoms with van der Waals surface area (Å²) in [5.74, 6) is -0.198. The highest BCUT2D eigenvalue weighted by atomic mass is 35.5. The highest BCUT2D eigenvalue weighted by Gasteiger charge is 2.30. The number of halogens is 1. The summed E-state index contributed by atoms with van der Waals surface area (Å²) in [6.45, 7) is 0.601. The summed E-state index contributed by atoms with van der Waals surface area (Å²) in [6.07, 6.45) is 0. The Morgan fingerprint density at radius 3 is 2.68 bits per heavy atom. The fourth-order valence-electron chi connectivity index (χ4n) is 2.80. The van der Waals surface area contributed by atoms with Crippen LogP contribution in [-0.2, 0) is 4.79 Å². The zero-order valence-electron chi connectivity index (χ0n) is 13.6. The van der Waals surface area contributed by atoms with Gasteiger partial charge in [-0.25, -0.2) is 0 Å². The van der Waals surface area contributed by atoms with Crippen LogP contribution in [0.25, 0.3) is 0 Å². The maximum atomic E-state index is 12.6. The van der Waals surface area contributed by atoms with Gasteiger partial charge in [0.25, 0.3) is 5.91 Å². The Balaban J connectivity index is 1.79. The molecule has 0 saturated carbocycles. The van der Waals surface area contributed by atoms with Crippen molar-refractivity contribution < 1.29 is 19.4 Å². The minimum atomic E-state index is -0.423. The molecule has 3 rings (SSSR count). The van der Waals surface area contributed by atoms with E-state index in [4.69, 9.17) is 16.3 Å². The summed E-state index contributed by atoms with van der Waals surface area (Å²) in [6, 6.07) is 11.5. The monoisotopic (exact) mass is 360 g/mol. The SMILES string of the molecule is COc1ccccc1N1CCN(C(=O)c2cc(Cl)ccc2O)CC1=O. The van der Waals surface area contributed by atoms with E-state index < -0.39 is 5.91 Å². The third kappa shape index (κ3) is 3.39. The molecule has 1 aliphatic rings. The molecule has 1 heterocycles. The van der Waals surface area contributed by atoms with E-state index in [1.54, 1.807) is 24.1 Å². The highest BCUT2D eigenvalue weighted by Crippen LogP contribution is 2.29. The lowest BCUT2D eigenvalue weighted by Crippen LogP contribution is -2.52. The van der Waals surface area contributed by atoms with E-state index in [1.807, 2.05) is 12.1 Å². The van der Waals surface area contributed by atoms with E-state index in [-0.39, 0.29) is 23.8 Å². The van der Waals surface area contributed by atoms with Crippen molar-refractivity contribution in [2.75, 3.05) is 31.6 Å². The molecule has 0 aromatic heterocycles. The van der Waals surface area contributed by atoms with E-state index in [2.05, 4.69) is 0 Å². The van der Waals surface area contributed by atoms with E-state index in [1.165, 1.54) is 23.1 Å². The third-order valence-electron chi connectivity index (χ3n) is 4.07. The van der Waals surface area contributed by atoms with Gasteiger partial charge >= 0.3 is 0 Å². The van der Waals surface area contributed by atoms with Crippen LogP contribution in [0.15, 0.2) is 42.5 Å². The summed E-state index contributed by atoms with van der Waals surface area (Å²) in [7, 11) is 1.55. The van der Waals surface area contributed by atoms with Crippen LogP contribution in [0.3, 0.4) is 0 Å². The fourth-order valence-corrected chi connectivity index (χ4v) is 2.98. The molecule has 0 atom stereocenters. The van der Waals surface area contributed by atoms with Crippen molar-refractivity contribution in [1.29, 1.82) is 0 Å². The van der Waals surface area contributed by atoms with Crippen LogP contribution in [0.5, 0.6) is 11.5 Å². The van der Waals surface area contributed by atoms with Gasteiger partial charge in [0.2, 0.25) is 5.91 Å². The molecular weight excluding hydrogens is 344 g/mol. The van der Waals surface area contributed by atoms with Gasteiger partial charge in [-0.1, -0.05) is 23.7 Å². The van der Waals surface area contributed by atoms with Gasteiger partial charge in [-0.05, 0) is 30.3 Å². The number of anilines is 1. The van der Waals surface area contributed by atoms with Crippen molar-refractivity contribution in [3.63, 3.8) is 0 Å². The van der Waals surface area contributed by atoms with E-state index in [9.17, 15) is 14.7 Å². The molecule has 2 aromatic rings. The molecule has 1 aliphatic heterocycles. The number of phenols is 1. The third-order valence-corrected chi connectivity index (χ3v) is 4.31. The number of benzene rings is 2. The van der Waals surface area contributed by atoms with Gasteiger partial charge in [-0.3, -0.25) is 9.59 Å². The Morgan fingerprint density at radius 1 is 1.20 bits per heavy atom. The second kappa shape index (κ2) is 7.03. The summed E-state index contributed by atoms with van der Waals surface area (Å²) >= 11 is 5.89. The van der Waals surface area contributed by atoms with Gasteiger partial charge in [0.15, 0.2) is 0 Å². The van der Waals surface area contributed by atoms with Gasteiger partial charge < -0.3 is 19.6 Å². The second-order valence-electron chi connectivity index (χ2n) is 5.61. The van der Waals surface area contributed by atoms with Crippen LogP contribution >= 0.6 is 11.6 Å². The first-order valence-electron chi connectivity index (χ1n) is 7.72. The van der Waals surface area contributed by atoms with Crippen LogP contribution in [0.2, 0.25) is 5.02 Å². The Kier molecular flexibility index (Phi) is 4.81. The molecule has 0 aliphatic carbocycles. The number of rotatable bonds is 3. The lowest BCUT2D eigenvalue weighted by atomic mass is 10.1. The number of amides is 2. The number of ether oxygens (including phenoxy) is 1. The van der Waals surface area contributed by atoms with Crippen LogP contribution in [-0.4, -0.2) is 48.6 Å². The first-order chi connectivity index (χ1) is 12.0. The largest absolute Gasteiger partial charge is 0.507 e. The standard InChI is InChI=1S/C18H17ClN2O4/c1-25-16-5-3-2-4-14(16)21-9-8-20(11-17(21)23)18(24)13-10-12(19)6-7-15(13)22/h2-7,10,22H,8-9,11H2,1H3. The van der Waals surface area contributed by atoms with E-state index >= 15 is 0 Å². The van der Waals surface area contributed by atoms with Gasteiger partial charge in [0, 0.05) is 18.1 Å². The van der Waals surface area contributed by atoms with Gasteiger partial charge in [-0.15, -0.1) is 0 Å². The molecule has 0 spiro atoms. The molecule has 0 bridgehead atoms. The lowest BCUT2D eigenvalue weighted by Gasteiger charge is -2.35. The number of piperazine rings is 1. The van der Waals surface area contributed by atoms with Crippen LogP contribution in [0.4, 0.5) is 5.69 Å². The number of nitrogens with zero attached hydrogens (tertiary/aromatic N) is 2. The maximum Gasteiger partial charge on any atom is 0.258 e. The molecule has 1 N–H and O–H groups in total. The number of para-hydroxylation sites is 2. The van der Waals surface area contributed by atoms with Crippen molar-refractivity contribution in [1.82, 2.24) is 4.90 Å². The Hall–Kier alpha value is -2.73. The van der Waals surface area contributed by atoms with Gasteiger partial charge in [-0.2, -0.15) is 0 Å². The number of carbonyl (C=O) groups excluding carboxylic acids is 2. The lowest BCUT2D eigenvalue weighted by molar-refractivity contribution is -0.120. The molecule has 1 fully saturated rings. The van der Waals surface area contributed by atoms with Crippen LogP contribution in [0.1, 0.15) is 10.4 Å². The van der Waals surface area contributed by atoms with E-state index in [0.29, 0.717) is 29.5 Å².